The monoisotopic (exact) mass is 250 g/mol. The number of carbonyl (C=O) groups is 1. The van der Waals surface area contributed by atoms with E-state index in [2.05, 4.69) is 27.7 Å². The summed E-state index contributed by atoms with van der Waals surface area (Å²) in [6, 6.07) is 0. The van der Waals surface area contributed by atoms with Gasteiger partial charge in [0.25, 0.3) is 0 Å². The highest BCUT2D eigenvalue weighted by Crippen LogP contribution is 2.88. The van der Waals surface area contributed by atoms with Crippen LogP contribution in [-0.2, 0) is 9.53 Å². The molecule has 3 fully saturated rings. The van der Waals surface area contributed by atoms with Crippen LogP contribution in [0.15, 0.2) is 0 Å². The summed E-state index contributed by atoms with van der Waals surface area (Å²) in [6.45, 7) is 10.7. The van der Waals surface area contributed by atoms with Crippen molar-refractivity contribution in [1.82, 2.24) is 0 Å². The molecule has 3 rings (SSSR count). The maximum Gasteiger partial charge on any atom is 0.303 e. The molecule has 3 saturated carbocycles. The van der Waals surface area contributed by atoms with Gasteiger partial charge in [0, 0.05) is 12.3 Å². The highest BCUT2D eigenvalue weighted by molar-refractivity contribution is 5.67. The average molecular weight is 250 g/mol. The molecule has 0 aromatic carbocycles. The van der Waals surface area contributed by atoms with E-state index in [1.165, 1.54) is 19.3 Å². The summed E-state index contributed by atoms with van der Waals surface area (Å²) in [6.07, 6.45) is 4.89. The van der Waals surface area contributed by atoms with Crippen molar-refractivity contribution in [1.29, 1.82) is 0 Å². The summed E-state index contributed by atoms with van der Waals surface area (Å²) in [7, 11) is 0. The Morgan fingerprint density at radius 3 is 2.39 bits per heavy atom. The van der Waals surface area contributed by atoms with Crippen molar-refractivity contribution in [3.05, 3.63) is 0 Å². The number of carbonyl (C=O) groups excluding carboxylic acids is 1. The van der Waals surface area contributed by atoms with Gasteiger partial charge in [0.15, 0.2) is 0 Å². The van der Waals surface area contributed by atoms with E-state index in [-0.39, 0.29) is 11.6 Å². The van der Waals surface area contributed by atoms with Crippen molar-refractivity contribution in [2.24, 2.45) is 28.6 Å². The predicted octanol–water partition coefficient (Wildman–Crippen LogP) is 3.79. The molecule has 0 radical (unpaired) electrons. The quantitative estimate of drug-likeness (QED) is 0.712. The Balaban J connectivity index is 1.94. The van der Waals surface area contributed by atoms with E-state index in [9.17, 15) is 4.79 Å². The van der Waals surface area contributed by atoms with Gasteiger partial charge in [-0.15, -0.1) is 0 Å². The fourth-order valence-electron chi connectivity index (χ4n) is 6.54. The molecule has 0 N–H and O–H groups in total. The zero-order valence-corrected chi connectivity index (χ0v) is 12.4. The Kier molecular flexibility index (Phi) is 2.30. The van der Waals surface area contributed by atoms with Crippen molar-refractivity contribution in [3.8, 4) is 0 Å². The minimum Gasteiger partial charge on any atom is -0.459 e. The Bertz CT molecular complexity index is 382. The van der Waals surface area contributed by atoms with E-state index in [0.717, 1.165) is 24.2 Å². The largest absolute Gasteiger partial charge is 0.459 e. The molecule has 0 heterocycles. The van der Waals surface area contributed by atoms with Crippen molar-refractivity contribution < 1.29 is 9.53 Å². The first-order valence-corrected chi connectivity index (χ1v) is 7.53. The fraction of sp³-hybridized carbons (Fsp3) is 0.938. The highest BCUT2D eigenvalue weighted by Gasteiger charge is 2.85. The van der Waals surface area contributed by atoms with Crippen LogP contribution in [0.4, 0.5) is 0 Å². The molecule has 1 spiro atoms. The lowest BCUT2D eigenvalue weighted by atomic mass is 9.18. The second kappa shape index (κ2) is 3.32. The van der Waals surface area contributed by atoms with Gasteiger partial charge in [0.05, 0.1) is 0 Å². The minimum absolute atomic E-state index is 0.112. The molecule has 3 aliphatic rings. The third kappa shape index (κ3) is 0.981. The average Bonchev–Trinajstić information content (AvgIpc) is 2.23. The Morgan fingerprint density at radius 1 is 1.33 bits per heavy atom. The summed E-state index contributed by atoms with van der Waals surface area (Å²) in [4.78, 5) is 11.5. The Labute approximate surface area is 110 Å². The first-order chi connectivity index (χ1) is 8.34. The van der Waals surface area contributed by atoms with Crippen LogP contribution in [0.2, 0.25) is 0 Å². The molecule has 0 saturated heterocycles. The lowest BCUT2D eigenvalue weighted by molar-refractivity contribution is -0.409. The second-order valence-electron chi connectivity index (χ2n) is 7.34. The first kappa shape index (κ1) is 12.5. The first-order valence-electron chi connectivity index (χ1n) is 7.53. The third-order valence-electron chi connectivity index (χ3n) is 7.08. The van der Waals surface area contributed by atoms with Crippen LogP contribution in [0.3, 0.4) is 0 Å². The van der Waals surface area contributed by atoms with Crippen molar-refractivity contribution in [2.45, 2.75) is 65.9 Å². The van der Waals surface area contributed by atoms with Crippen molar-refractivity contribution in [3.63, 3.8) is 0 Å². The standard InChI is InChI=1S/C16H26O2/c1-6-14(5,18-12(4)17)15-8-11(3)16(15)10(2)7-13(16)9-15/h10-11,13H,6-9H2,1-5H3. The molecule has 102 valence electrons. The molecule has 2 heteroatoms. The molecule has 18 heavy (non-hydrogen) atoms. The molecule has 6 unspecified atom stereocenters. The van der Waals surface area contributed by atoms with E-state index < -0.39 is 0 Å². The molecule has 6 atom stereocenters. The lowest BCUT2D eigenvalue weighted by Gasteiger charge is -2.87. The van der Waals surface area contributed by atoms with Crippen LogP contribution >= 0.6 is 0 Å². The van der Waals surface area contributed by atoms with E-state index in [0.29, 0.717) is 10.8 Å². The van der Waals surface area contributed by atoms with Crippen LogP contribution in [0.1, 0.15) is 60.3 Å². The molecular weight excluding hydrogens is 224 g/mol. The summed E-state index contributed by atoms with van der Waals surface area (Å²) in [5, 5.41) is 0. The fourth-order valence-corrected chi connectivity index (χ4v) is 6.54. The highest BCUT2D eigenvalue weighted by atomic mass is 16.6. The maximum atomic E-state index is 11.5. The van der Waals surface area contributed by atoms with Crippen molar-refractivity contribution >= 4 is 5.97 Å². The summed E-state index contributed by atoms with van der Waals surface area (Å²) >= 11 is 0. The molecule has 3 aliphatic carbocycles. The van der Waals surface area contributed by atoms with Crippen LogP contribution in [0, 0.1) is 28.6 Å². The summed E-state index contributed by atoms with van der Waals surface area (Å²) < 4.78 is 5.82. The van der Waals surface area contributed by atoms with E-state index in [4.69, 9.17) is 4.74 Å². The smallest absolute Gasteiger partial charge is 0.303 e. The number of rotatable bonds is 3. The zero-order chi connectivity index (χ0) is 13.3. The van der Waals surface area contributed by atoms with E-state index in [1.807, 2.05) is 0 Å². The third-order valence-corrected chi connectivity index (χ3v) is 7.08. The molecular formula is C16H26O2. The lowest BCUT2D eigenvalue weighted by Crippen LogP contribution is -2.84. The molecule has 0 aromatic heterocycles. The topological polar surface area (TPSA) is 26.3 Å². The van der Waals surface area contributed by atoms with Gasteiger partial charge in [-0.25, -0.2) is 0 Å². The van der Waals surface area contributed by atoms with Gasteiger partial charge in [0.1, 0.15) is 5.60 Å². The van der Waals surface area contributed by atoms with E-state index >= 15 is 0 Å². The summed E-state index contributed by atoms with van der Waals surface area (Å²) in [5.74, 6) is 2.44. The SMILES string of the molecule is CCC(C)(OC(C)=O)C12CC(C)C13C(C)CC3C2. The summed E-state index contributed by atoms with van der Waals surface area (Å²) in [5.41, 5.74) is 0.561. The van der Waals surface area contributed by atoms with Crippen LogP contribution in [0.25, 0.3) is 0 Å². The van der Waals surface area contributed by atoms with Gasteiger partial charge in [-0.2, -0.15) is 0 Å². The Morgan fingerprint density at radius 2 is 2.00 bits per heavy atom. The molecule has 2 nitrogen and oxygen atoms in total. The maximum absolute atomic E-state index is 11.5. The van der Waals surface area contributed by atoms with Crippen LogP contribution < -0.4 is 0 Å². The number of ether oxygens (including phenoxy) is 1. The van der Waals surface area contributed by atoms with Gasteiger partial charge < -0.3 is 4.74 Å². The van der Waals surface area contributed by atoms with Gasteiger partial charge in [-0.05, 0) is 55.8 Å². The molecule has 0 amide bonds. The zero-order valence-electron chi connectivity index (χ0n) is 12.4. The van der Waals surface area contributed by atoms with Gasteiger partial charge in [0.2, 0.25) is 0 Å². The number of hydrogen-bond donors (Lipinski definition) is 0. The normalized spacial score (nSPS) is 51.7. The van der Waals surface area contributed by atoms with Gasteiger partial charge in [-0.1, -0.05) is 20.8 Å². The molecule has 0 aliphatic heterocycles. The molecule has 0 aromatic rings. The second-order valence-corrected chi connectivity index (χ2v) is 7.34. The van der Waals surface area contributed by atoms with Crippen LogP contribution in [-0.4, -0.2) is 11.6 Å². The molecule has 0 bridgehead atoms. The minimum atomic E-state index is -0.240. The van der Waals surface area contributed by atoms with E-state index in [1.54, 1.807) is 6.92 Å². The van der Waals surface area contributed by atoms with Crippen LogP contribution in [0.5, 0.6) is 0 Å². The number of hydrogen-bond acceptors (Lipinski definition) is 2. The van der Waals surface area contributed by atoms with Crippen molar-refractivity contribution in [2.75, 3.05) is 0 Å². The Hall–Kier alpha value is -0.530. The number of esters is 1. The van der Waals surface area contributed by atoms with Gasteiger partial charge >= 0.3 is 5.97 Å². The van der Waals surface area contributed by atoms with Gasteiger partial charge in [-0.3, -0.25) is 4.79 Å². The predicted molar refractivity (Wildman–Crippen MR) is 71.0 cm³/mol.